The van der Waals surface area contributed by atoms with E-state index in [1.54, 1.807) is 0 Å². The van der Waals surface area contributed by atoms with Crippen LogP contribution < -0.4 is 0 Å². The molecule has 0 aromatic rings. The largest absolute Gasteiger partial charge is 0.511 e. The van der Waals surface area contributed by atoms with E-state index in [2.05, 4.69) is 0 Å². The van der Waals surface area contributed by atoms with Crippen LogP contribution in [0.1, 0.15) is 6.92 Å². The molecule has 0 saturated heterocycles. The molecule has 0 amide bonds. The number of alkyl halides is 3. The van der Waals surface area contributed by atoms with E-state index in [0.29, 0.717) is 0 Å². The van der Waals surface area contributed by atoms with Gasteiger partial charge in [0.25, 0.3) is 0 Å². The molecule has 0 aromatic carbocycles. The third-order valence-corrected chi connectivity index (χ3v) is 1.57. The highest BCUT2D eigenvalue weighted by atomic mass is 35.5. The second-order valence-corrected chi connectivity index (χ2v) is 3.64. The van der Waals surface area contributed by atoms with E-state index < -0.39 is 16.0 Å². The number of allylic oxidation sites excluding steroid dienone is 2. The second-order valence-electron chi connectivity index (χ2n) is 1.89. The number of carbonyl (C=O) groups excluding carboxylic acids is 1. The number of ketones is 1. The normalized spacial score (nSPS) is 15.2. The Morgan fingerprint density at radius 1 is 1.45 bits per heavy atom. The lowest BCUT2D eigenvalue weighted by molar-refractivity contribution is -0.113. The van der Waals surface area contributed by atoms with E-state index in [1.165, 1.54) is 6.92 Å². The first kappa shape index (κ1) is 11.1. The van der Waals surface area contributed by atoms with E-state index in [-0.39, 0.29) is 5.76 Å². The van der Waals surface area contributed by atoms with Crippen molar-refractivity contribution in [2.75, 3.05) is 0 Å². The average Bonchev–Trinajstić information content (AvgIpc) is 1.87. The van der Waals surface area contributed by atoms with Gasteiger partial charge >= 0.3 is 0 Å². The van der Waals surface area contributed by atoms with Crippen LogP contribution in [0.4, 0.5) is 0 Å². The highest BCUT2D eigenvalue weighted by molar-refractivity contribution is 6.54. The van der Waals surface area contributed by atoms with Crippen LogP contribution in [0, 0.1) is 0 Å². The van der Waals surface area contributed by atoms with Crippen molar-refractivity contribution >= 4 is 40.6 Å². The van der Waals surface area contributed by atoms with Gasteiger partial charge in [0.2, 0.25) is 0 Å². The van der Waals surface area contributed by atoms with Gasteiger partial charge in [-0.2, -0.15) is 0 Å². The standard InChI is InChI=1S/C6H7Cl3O2/c1-3(7)4(10)2-5(11)6(8)9/h2-3,6,10H,1H3. The smallest absolute Gasteiger partial charge is 0.191 e. The zero-order valence-corrected chi connectivity index (χ0v) is 7.99. The molecular formula is C6H7Cl3O2. The molecule has 1 unspecified atom stereocenters. The maximum Gasteiger partial charge on any atom is 0.191 e. The molecule has 5 heteroatoms. The van der Waals surface area contributed by atoms with E-state index in [9.17, 15) is 4.79 Å². The first-order chi connectivity index (χ1) is 4.95. The minimum absolute atomic E-state index is 0.233. The van der Waals surface area contributed by atoms with Crippen molar-refractivity contribution < 1.29 is 9.90 Å². The van der Waals surface area contributed by atoms with Crippen LogP contribution in [-0.2, 0) is 4.79 Å². The molecule has 0 aliphatic rings. The van der Waals surface area contributed by atoms with Gasteiger partial charge in [0.05, 0.1) is 5.38 Å². The summed E-state index contributed by atoms with van der Waals surface area (Å²) in [4.78, 5) is 9.55. The summed E-state index contributed by atoms with van der Waals surface area (Å²) >= 11 is 15.8. The summed E-state index contributed by atoms with van der Waals surface area (Å²) in [6.07, 6.45) is 0.919. The van der Waals surface area contributed by atoms with E-state index in [4.69, 9.17) is 39.9 Å². The van der Waals surface area contributed by atoms with Gasteiger partial charge in [-0.3, -0.25) is 4.79 Å². The first-order valence-corrected chi connectivity index (χ1v) is 4.12. The molecule has 0 aliphatic carbocycles. The minimum Gasteiger partial charge on any atom is -0.511 e. The van der Waals surface area contributed by atoms with Gasteiger partial charge in [-0.1, -0.05) is 23.2 Å². The van der Waals surface area contributed by atoms with Gasteiger partial charge < -0.3 is 5.11 Å². The van der Waals surface area contributed by atoms with E-state index in [1.807, 2.05) is 0 Å². The van der Waals surface area contributed by atoms with Crippen LogP contribution in [0.3, 0.4) is 0 Å². The predicted octanol–water partition coefficient (Wildman–Crippen LogP) is 2.43. The van der Waals surface area contributed by atoms with Gasteiger partial charge in [-0.05, 0) is 6.92 Å². The van der Waals surface area contributed by atoms with Crippen molar-refractivity contribution in [1.82, 2.24) is 0 Å². The Labute approximate surface area is 79.7 Å². The fourth-order valence-corrected chi connectivity index (χ4v) is 0.513. The summed E-state index contributed by atoms with van der Waals surface area (Å²) in [7, 11) is 0. The van der Waals surface area contributed by atoms with Crippen molar-refractivity contribution in [3.8, 4) is 0 Å². The monoisotopic (exact) mass is 216 g/mol. The number of carbonyl (C=O) groups is 1. The number of hydrogen-bond donors (Lipinski definition) is 1. The van der Waals surface area contributed by atoms with Crippen molar-refractivity contribution in [2.45, 2.75) is 17.1 Å². The van der Waals surface area contributed by atoms with Crippen LogP contribution in [-0.4, -0.2) is 21.1 Å². The summed E-state index contributed by atoms with van der Waals surface area (Å²) in [6, 6.07) is 0. The molecule has 64 valence electrons. The quantitative estimate of drug-likeness (QED) is 0.448. The highest BCUT2D eigenvalue weighted by Gasteiger charge is 2.11. The van der Waals surface area contributed by atoms with E-state index in [0.717, 1.165) is 6.08 Å². The summed E-state index contributed by atoms with van der Waals surface area (Å²) in [5.41, 5.74) is 0. The van der Waals surface area contributed by atoms with Crippen molar-refractivity contribution in [1.29, 1.82) is 0 Å². The molecular weight excluding hydrogens is 210 g/mol. The Morgan fingerprint density at radius 2 is 1.91 bits per heavy atom. The van der Waals surface area contributed by atoms with Crippen LogP contribution in [0.5, 0.6) is 0 Å². The topological polar surface area (TPSA) is 37.3 Å². The van der Waals surface area contributed by atoms with Crippen molar-refractivity contribution in [2.24, 2.45) is 0 Å². The molecule has 0 rings (SSSR count). The Balaban J connectivity index is 4.20. The lowest BCUT2D eigenvalue weighted by Gasteiger charge is -2.00. The molecule has 0 fully saturated rings. The molecule has 0 heterocycles. The molecule has 1 atom stereocenters. The second kappa shape index (κ2) is 4.86. The molecule has 0 aromatic heterocycles. The molecule has 0 spiro atoms. The van der Waals surface area contributed by atoms with Crippen LogP contribution >= 0.6 is 34.8 Å². The lowest BCUT2D eigenvalue weighted by atomic mass is 10.3. The van der Waals surface area contributed by atoms with Gasteiger partial charge in [0.15, 0.2) is 10.6 Å². The zero-order valence-electron chi connectivity index (χ0n) is 5.72. The fraction of sp³-hybridized carbons (Fsp3) is 0.500. The Bertz CT molecular complexity index is 175. The van der Waals surface area contributed by atoms with Gasteiger partial charge in [0, 0.05) is 6.08 Å². The Morgan fingerprint density at radius 3 is 2.18 bits per heavy atom. The number of aliphatic hydroxyl groups is 1. The summed E-state index contributed by atoms with van der Waals surface area (Å²) in [5, 5.41) is 8.33. The highest BCUT2D eigenvalue weighted by Crippen LogP contribution is 2.09. The number of hydrogen-bond acceptors (Lipinski definition) is 2. The number of rotatable bonds is 3. The number of aliphatic hydroxyl groups excluding tert-OH is 1. The first-order valence-electron chi connectivity index (χ1n) is 2.81. The molecule has 11 heavy (non-hydrogen) atoms. The molecule has 0 radical (unpaired) electrons. The van der Waals surface area contributed by atoms with Gasteiger partial charge in [-0.25, -0.2) is 0 Å². The van der Waals surface area contributed by atoms with E-state index >= 15 is 0 Å². The molecule has 1 N–H and O–H groups in total. The maximum atomic E-state index is 10.7. The van der Waals surface area contributed by atoms with Gasteiger partial charge in [-0.15, -0.1) is 11.6 Å². The molecule has 0 aliphatic heterocycles. The summed E-state index contributed by atoms with van der Waals surface area (Å²) in [5.74, 6) is -0.804. The van der Waals surface area contributed by atoms with Crippen LogP contribution in [0.25, 0.3) is 0 Å². The molecule has 2 nitrogen and oxygen atoms in total. The predicted molar refractivity (Wildman–Crippen MR) is 46.5 cm³/mol. The van der Waals surface area contributed by atoms with Crippen molar-refractivity contribution in [3.05, 3.63) is 11.8 Å². The Kier molecular flexibility index (Phi) is 4.89. The van der Waals surface area contributed by atoms with Crippen LogP contribution in [0.2, 0.25) is 0 Å². The molecule has 0 bridgehead atoms. The third-order valence-electron chi connectivity index (χ3n) is 0.913. The van der Waals surface area contributed by atoms with Crippen LogP contribution in [0.15, 0.2) is 11.8 Å². The van der Waals surface area contributed by atoms with Crippen molar-refractivity contribution in [3.63, 3.8) is 0 Å². The summed E-state index contributed by atoms with van der Waals surface area (Å²) in [6.45, 7) is 1.53. The third kappa shape index (κ3) is 4.51. The SMILES string of the molecule is CC(Cl)C(O)=CC(=O)C(Cl)Cl. The fourth-order valence-electron chi connectivity index (χ4n) is 0.324. The lowest BCUT2D eigenvalue weighted by Crippen LogP contribution is -2.07. The zero-order chi connectivity index (χ0) is 9.02. The summed E-state index contributed by atoms with van der Waals surface area (Å²) < 4.78 is 0. The minimum atomic E-state index is -1.15. The number of halogens is 3. The average molecular weight is 217 g/mol. The maximum absolute atomic E-state index is 10.7. The Hall–Kier alpha value is 0.0800. The van der Waals surface area contributed by atoms with Gasteiger partial charge in [0.1, 0.15) is 5.76 Å². The molecule has 0 saturated carbocycles.